The van der Waals surface area contributed by atoms with Crippen molar-refractivity contribution in [1.82, 2.24) is 25.1 Å². The maximum atomic E-state index is 13.2. The molecule has 0 bridgehead atoms. The number of carbonyl (C=O) groups is 1. The highest BCUT2D eigenvalue weighted by Crippen LogP contribution is 2.33. The fourth-order valence-corrected chi connectivity index (χ4v) is 3.84. The van der Waals surface area contributed by atoms with Crippen molar-refractivity contribution in [2.75, 3.05) is 46.3 Å². The summed E-state index contributed by atoms with van der Waals surface area (Å²) in [6.45, 7) is 1.11. The Hall–Kier alpha value is -3.82. The number of anilines is 1. The number of aromatic amines is 1. The number of benzene rings is 1. The van der Waals surface area contributed by atoms with Crippen LogP contribution >= 0.6 is 0 Å². The summed E-state index contributed by atoms with van der Waals surface area (Å²) < 4.78 is 16.9. The van der Waals surface area contributed by atoms with Crippen LogP contribution in [-0.4, -0.2) is 78.5 Å². The van der Waals surface area contributed by atoms with Gasteiger partial charge in [-0.1, -0.05) is 0 Å². The molecule has 1 amide bonds. The first-order valence-electron chi connectivity index (χ1n) is 10.7. The highest BCUT2D eigenvalue weighted by atomic mass is 16.5. The molecule has 0 saturated carbocycles. The summed E-state index contributed by atoms with van der Waals surface area (Å²) in [5.41, 5.74) is 1.75. The van der Waals surface area contributed by atoms with E-state index in [1.807, 2.05) is 37.2 Å². The molecule has 3 heterocycles. The normalized spacial score (nSPS) is 15.8. The van der Waals surface area contributed by atoms with Crippen molar-refractivity contribution in [2.45, 2.75) is 18.9 Å². The third-order valence-corrected chi connectivity index (χ3v) is 5.50. The molecular formula is C23H28N6O4. The molecule has 1 atom stereocenters. The molecule has 0 spiro atoms. The lowest BCUT2D eigenvalue weighted by Crippen LogP contribution is -2.44. The van der Waals surface area contributed by atoms with Crippen LogP contribution in [0.3, 0.4) is 0 Å². The van der Waals surface area contributed by atoms with Gasteiger partial charge < -0.3 is 24.0 Å². The number of ether oxygens (including phenoxy) is 3. The minimum Gasteiger partial charge on any atom is -0.497 e. The number of amides is 1. The molecular weight excluding hydrogens is 424 g/mol. The predicted molar refractivity (Wildman–Crippen MR) is 123 cm³/mol. The lowest BCUT2D eigenvalue weighted by atomic mass is 10.1. The van der Waals surface area contributed by atoms with E-state index in [9.17, 15) is 4.79 Å². The topological polar surface area (TPSA) is 106 Å². The van der Waals surface area contributed by atoms with Gasteiger partial charge in [-0.2, -0.15) is 5.10 Å². The molecule has 3 aromatic rings. The van der Waals surface area contributed by atoms with Gasteiger partial charge in [0.25, 0.3) is 11.8 Å². The van der Waals surface area contributed by atoms with Gasteiger partial charge in [-0.3, -0.25) is 9.89 Å². The highest BCUT2D eigenvalue weighted by molar-refractivity contribution is 5.93. The molecule has 1 aromatic carbocycles. The molecule has 1 fully saturated rings. The largest absolute Gasteiger partial charge is 0.497 e. The number of carbonyl (C=O) groups excluding carboxylic acids is 1. The quantitative estimate of drug-likeness (QED) is 0.583. The van der Waals surface area contributed by atoms with Gasteiger partial charge in [0.2, 0.25) is 0 Å². The van der Waals surface area contributed by atoms with Crippen molar-refractivity contribution in [3.05, 3.63) is 42.4 Å². The molecule has 1 N–H and O–H groups in total. The molecule has 2 aromatic heterocycles. The number of hydrogen-bond acceptors (Lipinski definition) is 8. The Labute approximate surface area is 192 Å². The summed E-state index contributed by atoms with van der Waals surface area (Å²) in [6.07, 6.45) is 4.74. The SMILES string of the molecule is COc1ccc(OC)c(-c2cc(C(=O)N3CCCC(Oc4nccnc4N(C)C)C3)[nH]n2)c1. The minimum absolute atomic E-state index is 0.129. The number of aromatic nitrogens is 4. The Balaban J connectivity index is 1.49. The number of rotatable bonds is 7. The third kappa shape index (κ3) is 4.84. The zero-order valence-corrected chi connectivity index (χ0v) is 19.2. The van der Waals surface area contributed by atoms with Gasteiger partial charge in [0.05, 0.1) is 26.5 Å². The fourth-order valence-electron chi connectivity index (χ4n) is 3.84. The van der Waals surface area contributed by atoms with E-state index < -0.39 is 0 Å². The molecule has 1 aliphatic rings. The van der Waals surface area contributed by atoms with E-state index in [4.69, 9.17) is 14.2 Å². The van der Waals surface area contributed by atoms with Crippen LogP contribution in [0.5, 0.6) is 17.4 Å². The first-order valence-corrected chi connectivity index (χ1v) is 10.7. The van der Waals surface area contributed by atoms with Crippen molar-refractivity contribution >= 4 is 11.7 Å². The zero-order chi connectivity index (χ0) is 23.4. The molecule has 174 valence electrons. The summed E-state index contributed by atoms with van der Waals surface area (Å²) >= 11 is 0. The standard InChI is InChI=1S/C23H28N6O4/c1-28(2)21-22(25-10-9-24-21)33-16-6-5-11-29(14-16)23(30)19-13-18(26-27-19)17-12-15(31-3)7-8-20(17)32-4/h7-10,12-13,16H,5-6,11,14H2,1-4H3,(H,26,27). The lowest BCUT2D eigenvalue weighted by Gasteiger charge is -2.32. The van der Waals surface area contributed by atoms with Crippen LogP contribution < -0.4 is 19.1 Å². The van der Waals surface area contributed by atoms with Gasteiger partial charge in [-0.15, -0.1) is 0 Å². The maximum absolute atomic E-state index is 13.2. The monoisotopic (exact) mass is 452 g/mol. The molecule has 1 aliphatic heterocycles. The van der Waals surface area contributed by atoms with Gasteiger partial charge in [0, 0.05) is 38.6 Å². The van der Waals surface area contributed by atoms with Gasteiger partial charge in [-0.05, 0) is 37.1 Å². The Morgan fingerprint density at radius 2 is 1.97 bits per heavy atom. The van der Waals surface area contributed by atoms with E-state index >= 15 is 0 Å². The van der Waals surface area contributed by atoms with Crippen LogP contribution in [-0.2, 0) is 0 Å². The molecule has 33 heavy (non-hydrogen) atoms. The summed E-state index contributed by atoms with van der Waals surface area (Å²) in [5, 5.41) is 7.21. The van der Waals surface area contributed by atoms with Crippen molar-refractivity contribution in [1.29, 1.82) is 0 Å². The second kappa shape index (κ2) is 9.76. The second-order valence-corrected chi connectivity index (χ2v) is 7.95. The second-order valence-electron chi connectivity index (χ2n) is 7.95. The first kappa shape index (κ1) is 22.4. The maximum Gasteiger partial charge on any atom is 0.272 e. The smallest absolute Gasteiger partial charge is 0.272 e. The summed E-state index contributed by atoms with van der Waals surface area (Å²) in [5.74, 6) is 2.32. The summed E-state index contributed by atoms with van der Waals surface area (Å²) in [6, 6.07) is 7.19. The average Bonchev–Trinajstić information content (AvgIpc) is 3.33. The highest BCUT2D eigenvalue weighted by Gasteiger charge is 2.28. The van der Waals surface area contributed by atoms with Crippen molar-refractivity contribution < 1.29 is 19.0 Å². The van der Waals surface area contributed by atoms with Gasteiger partial charge in [0.15, 0.2) is 5.82 Å². The van der Waals surface area contributed by atoms with Crippen LogP contribution in [0.1, 0.15) is 23.3 Å². The van der Waals surface area contributed by atoms with E-state index in [1.54, 1.807) is 37.6 Å². The van der Waals surface area contributed by atoms with Crippen molar-refractivity contribution in [3.8, 4) is 28.6 Å². The fraction of sp³-hybridized carbons (Fsp3) is 0.391. The number of H-pyrrole nitrogens is 1. The summed E-state index contributed by atoms with van der Waals surface area (Å²) in [4.78, 5) is 25.5. The van der Waals surface area contributed by atoms with Gasteiger partial charge in [0.1, 0.15) is 23.3 Å². The van der Waals surface area contributed by atoms with E-state index in [-0.39, 0.29) is 12.0 Å². The van der Waals surface area contributed by atoms with Crippen molar-refractivity contribution in [3.63, 3.8) is 0 Å². The Morgan fingerprint density at radius 1 is 1.15 bits per heavy atom. The molecule has 1 saturated heterocycles. The Bertz CT molecular complexity index is 1120. The van der Waals surface area contributed by atoms with Crippen molar-refractivity contribution in [2.24, 2.45) is 0 Å². The number of methoxy groups -OCH3 is 2. The first-order chi connectivity index (χ1) is 16.0. The number of likely N-dealkylation sites (tertiary alicyclic amines) is 1. The van der Waals surface area contributed by atoms with E-state index in [2.05, 4.69) is 20.2 Å². The summed E-state index contributed by atoms with van der Waals surface area (Å²) in [7, 11) is 6.97. The average molecular weight is 453 g/mol. The Kier molecular flexibility index (Phi) is 6.62. The molecule has 1 unspecified atom stereocenters. The number of hydrogen-bond donors (Lipinski definition) is 1. The third-order valence-electron chi connectivity index (χ3n) is 5.50. The molecule has 10 nitrogen and oxygen atoms in total. The zero-order valence-electron chi connectivity index (χ0n) is 19.2. The molecule has 0 radical (unpaired) electrons. The van der Waals surface area contributed by atoms with E-state index in [0.717, 1.165) is 18.4 Å². The van der Waals surface area contributed by atoms with Crippen LogP contribution in [0.2, 0.25) is 0 Å². The predicted octanol–water partition coefficient (Wildman–Crippen LogP) is 2.63. The van der Waals surface area contributed by atoms with E-state index in [0.29, 0.717) is 47.7 Å². The molecule has 4 rings (SSSR count). The van der Waals surface area contributed by atoms with Crippen LogP contribution in [0.25, 0.3) is 11.3 Å². The van der Waals surface area contributed by atoms with Crippen LogP contribution in [0, 0.1) is 0 Å². The number of nitrogens with zero attached hydrogens (tertiary/aromatic N) is 5. The van der Waals surface area contributed by atoms with Gasteiger partial charge >= 0.3 is 0 Å². The molecule has 0 aliphatic carbocycles. The Morgan fingerprint density at radius 3 is 2.73 bits per heavy atom. The number of piperidine rings is 1. The minimum atomic E-state index is -0.168. The number of nitrogens with one attached hydrogen (secondary N) is 1. The van der Waals surface area contributed by atoms with Crippen LogP contribution in [0.4, 0.5) is 5.82 Å². The lowest BCUT2D eigenvalue weighted by molar-refractivity contribution is 0.0523. The van der Waals surface area contributed by atoms with E-state index in [1.165, 1.54) is 0 Å². The van der Waals surface area contributed by atoms with Gasteiger partial charge in [-0.25, -0.2) is 9.97 Å². The molecule has 10 heteroatoms. The van der Waals surface area contributed by atoms with Crippen LogP contribution in [0.15, 0.2) is 36.7 Å².